The molecule has 31 heavy (non-hydrogen) atoms. The van der Waals surface area contributed by atoms with Crippen molar-refractivity contribution < 1.29 is 9.90 Å². The first-order chi connectivity index (χ1) is 14.3. The number of fused-ring (bicyclic) bond motifs is 2. The van der Waals surface area contributed by atoms with Crippen LogP contribution in [0.1, 0.15) is 41.5 Å². The second kappa shape index (κ2) is 7.66. The number of hydrogen-bond donors (Lipinski definition) is 1. The molecule has 0 bridgehead atoms. The Morgan fingerprint density at radius 2 is 1.74 bits per heavy atom. The average Bonchev–Trinajstić information content (AvgIpc) is 2.96. The van der Waals surface area contributed by atoms with Crippen molar-refractivity contribution in [3.63, 3.8) is 0 Å². The third-order valence-electron chi connectivity index (χ3n) is 6.29. The number of carbonyl (C=O) groups excluding carboxylic acids is 1. The third kappa shape index (κ3) is 3.46. The third-order valence-corrected chi connectivity index (χ3v) is 18.9. The summed E-state index contributed by atoms with van der Waals surface area (Å²) >= 11 is 6.18. The number of ketones is 1. The van der Waals surface area contributed by atoms with Crippen molar-refractivity contribution in [2.24, 2.45) is 4.99 Å². The summed E-state index contributed by atoms with van der Waals surface area (Å²) in [6, 6.07) is 5.89. The molecular weight excluding hydrogens is 648 g/mol. The van der Waals surface area contributed by atoms with Crippen LogP contribution in [0.2, 0.25) is 10.1 Å². The van der Waals surface area contributed by atoms with Crippen molar-refractivity contribution in [2.75, 3.05) is 0 Å². The number of hydrogen-bond acceptors (Lipinski definition) is 3. The number of aromatic hydroxyl groups is 1. The van der Waals surface area contributed by atoms with E-state index in [1.54, 1.807) is 12.1 Å². The van der Waals surface area contributed by atoms with E-state index in [0.29, 0.717) is 5.75 Å². The van der Waals surface area contributed by atoms with Crippen molar-refractivity contribution in [3.05, 3.63) is 48.5 Å². The van der Waals surface area contributed by atoms with Gasteiger partial charge in [0, 0.05) is 0 Å². The zero-order valence-corrected chi connectivity index (χ0v) is 24.9. The van der Waals surface area contributed by atoms with Gasteiger partial charge >= 0.3 is 214 Å². The first-order valence-corrected chi connectivity index (χ1v) is 15.7. The van der Waals surface area contributed by atoms with Gasteiger partial charge in [-0.05, 0) is 0 Å². The Kier molecular flexibility index (Phi) is 5.79. The van der Waals surface area contributed by atoms with Crippen LogP contribution < -0.4 is 5.19 Å². The number of phenolic OH excluding ortho intramolecular Hbond substituents is 1. The summed E-state index contributed by atoms with van der Waals surface area (Å²) in [7, 11) is -2.67. The Balaban J connectivity index is 2.25. The number of nitrogens with zero attached hydrogens (tertiary/aromatic N) is 1. The number of benzene rings is 1. The number of halogens is 2. The number of carbonyl (C=O) groups is 1. The quantitative estimate of drug-likeness (QED) is 0.216. The molecule has 0 saturated heterocycles. The Morgan fingerprint density at radius 3 is 2.29 bits per heavy atom. The van der Waals surface area contributed by atoms with Gasteiger partial charge in [-0.2, -0.15) is 0 Å². The molecule has 1 aliphatic heterocycles. The van der Waals surface area contributed by atoms with Gasteiger partial charge in [0.1, 0.15) is 0 Å². The van der Waals surface area contributed by atoms with E-state index in [9.17, 15) is 9.90 Å². The molecule has 0 radical (unpaired) electrons. The van der Waals surface area contributed by atoms with Crippen LogP contribution in [0.5, 0.6) is 5.75 Å². The van der Waals surface area contributed by atoms with Gasteiger partial charge in [0.05, 0.1) is 0 Å². The molecule has 1 aromatic heterocycles. The number of phenols is 1. The summed E-state index contributed by atoms with van der Waals surface area (Å²) in [5.74, 6) is 0.327. The molecule has 0 unspecified atom stereocenters. The summed E-state index contributed by atoms with van der Waals surface area (Å²) in [5, 5.41) is 13.2. The van der Waals surface area contributed by atoms with E-state index in [1.165, 1.54) is 12.1 Å². The summed E-state index contributed by atoms with van der Waals surface area (Å²) in [4.78, 5) is 17.6. The molecule has 0 atom stereocenters. The molecule has 1 aromatic carbocycles. The minimum atomic E-state index is -2.67. The maximum atomic E-state index is 12.6. The molecular formula is C24H25BrINO2SeSi. The summed E-state index contributed by atoms with van der Waals surface area (Å²) in [6.07, 6.45) is 5.32. The van der Waals surface area contributed by atoms with Crippen LogP contribution in [0.3, 0.4) is 0 Å². The van der Waals surface area contributed by atoms with Crippen molar-refractivity contribution in [2.45, 2.75) is 51.6 Å². The van der Waals surface area contributed by atoms with Crippen LogP contribution in [0.4, 0.5) is 5.69 Å². The minimum absolute atomic E-state index is 0.0211. The zero-order chi connectivity index (χ0) is 22.9. The molecule has 1 aliphatic carbocycles. The van der Waals surface area contributed by atoms with E-state index in [2.05, 4.69) is 86.1 Å². The SMILES string of the molecule is CC(C)(C)[Si]1(C(C)(C)C)C2=CC(=O)C=CC2=Nc2ccc(O)c(-c3cc(Br)c(I)[se]3)c21. The normalized spacial score (nSPS) is 17.7. The van der Waals surface area contributed by atoms with Crippen LogP contribution >= 0.6 is 38.5 Å². The van der Waals surface area contributed by atoms with Crippen LogP contribution in [0.15, 0.2) is 51.1 Å². The molecule has 7 heteroatoms. The maximum absolute atomic E-state index is 12.6. The second-order valence-electron chi connectivity index (χ2n) is 10.1. The van der Waals surface area contributed by atoms with Gasteiger partial charge in [-0.3, -0.25) is 0 Å². The van der Waals surface area contributed by atoms with E-state index in [-0.39, 0.29) is 30.4 Å². The number of allylic oxidation sites excluding steroid dienone is 4. The van der Waals surface area contributed by atoms with Crippen molar-refractivity contribution in [1.82, 2.24) is 0 Å². The molecule has 0 spiro atoms. The zero-order valence-electron chi connectivity index (χ0n) is 18.4. The molecule has 0 saturated carbocycles. The van der Waals surface area contributed by atoms with Gasteiger partial charge in [0.2, 0.25) is 0 Å². The van der Waals surface area contributed by atoms with Gasteiger partial charge < -0.3 is 0 Å². The molecule has 2 aliphatic rings. The number of aliphatic imine (C=N–C) groups is 1. The Hall–Kier alpha value is -0.734. The van der Waals surface area contributed by atoms with Gasteiger partial charge in [-0.1, -0.05) is 0 Å². The fourth-order valence-corrected chi connectivity index (χ4v) is 17.6. The van der Waals surface area contributed by atoms with E-state index in [4.69, 9.17) is 4.99 Å². The van der Waals surface area contributed by atoms with Crippen molar-refractivity contribution in [1.29, 1.82) is 0 Å². The monoisotopic (exact) mass is 673 g/mol. The Morgan fingerprint density at radius 1 is 1.10 bits per heavy atom. The predicted octanol–water partition coefficient (Wildman–Crippen LogP) is 6.43. The molecule has 4 rings (SSSR count). The molecule has 0 amide bonds. The molecule has 3 nitrogen and oxygen atoms in total. The van der Waals surface area contributed by atoms with Crippen molar-refractivity contribution in [3.8, 4) is 15.8 Å². The first kappa shape index (κ1) is 23.4. The first-order valence-electron chi connectivity index (χ1n) is 10.1. The van der Waals surface area contributed by atoms with Gasteiger partial charge in [0.25, 0.3) is 0 Å². The molecule has 0 fully saturated rings. The standard InChI is InChI=1S/C24H25BrINO2SeSi/c1-23(2,3)31(24(4,5)6)19-11-13(28)7-8-15(19)27-16-9-10-17(29)20(21(16)31)18-12-14(25)22(26)30-18/h7-12,29H,1-6H3. The average molecular weight is 673 g/mol. The molecule has 162 valence electrons. The fourth-order valence-electron chi connectivity index (χ4n) is 5.63. The van der Waals surface area contributed by atoms with Crippen LogP contribution in [0.25, 0.3) is 10.0 Å². The van der Waals surface area contributed by atoms with E-state index >= 15 is 0 Å². The molecule has 2 aromatic rings. The summed E-state index contributed by atoms with van der Waals surface area (Å²) in [5.41, 5.74) is 2.77. The van der Waals surface area contributed by atoms with Crippen LogP contribution in [0, 0.1) is 2.44 Å². The van der Waals surface area contributed by atoms with E-state index in [1.807, 2.05) is 18.2 Å². The van der Waals surface area contributed by atoms with E-state index < -0.39 is 8.07 Å². The number of rotatable bonds is 1. The van der Waals surface area contributed by atoms with Gasteiger partial charge in [-0.15, -0.1) is 0 Å². The molecule has 1 N–H and O–H groups in total. The van der Waals surface area contributed by atoms with Gasteiger partial charge in [0.15, 0.2) is 0 Å². The summed E-state index contributed by atoms with van der Waals surface area (Å²) in [6.45, 7) is 13.8. The topological polar surface area (TPSA) is 49.7 Å². The molecule has 2 heterocycles. The predicted molar refractivity (Wildman–Crippen MR) is 145 cm³/mol. The van der Waals surface area contributed by atoms with Gasteiger partial charge in [-0.25, -0.2) is 0 Å². The van der Waals surface area contributed by atoms with E-state index in [0.717, 1.165) is 26.6 Å². The Labute approximate surface area is 212 Å². The fraction of sp³-hybridized carbons (Fsp3) is 0.333. The Bertz CT molecular complexity index is 1180. The van der Waals surface area contributed by atoms with Crippen LogP contribution in [-0.4, -0.2) is 39.2 Å². The second-order valence-corrected chi connectivity index (χ2v) is 21.5. The van der Waals surface area contributed by atoms with Crippen LogP contribution in [-0.2, 0) is 4.79 Å². The summed E-state index contributed by atoms with van der Waals surface area (Å²) < 4.78 is 3.54. The van der Waals surface area contributed by atoms with Crippen molar-refractivity contribution >= 4 is 83.5 Å².